The van der Waals surface area contributed by atoms with Gasteiger partial charge in [0.15, 0.2) is 0 Å². The Labute approximate surface area is 98.0 Å². The lowest BCUT2D eigenvalue weighted by atomic mass is 9.87. The van der Waals surface area contributed by atoms with Gasteiger partial charge >= 0.3 is 0 Å². The third-order valence-corrected chi connectivity index (χ3v) is 4.20. The van der Waals surface area contributed by atoms with E-state index >= 15 is 0 Å². The highest BCUT2D eigenvalue weighted by Crippen LogP contribution is 2.35. The molecule has 0 aromatic rings. The first-order valence-electron chi connectivity index (χ1n) is 6.56. The van der Waals surface area contributed by atoms with Crippen molar-refractivity contribution in [2.75, 3.05) is 6.61 Å². The summed E-state index contributed by atoms with van der Waals surface area (Å²) in [6, 6.07) is 2.29. The zero-order chi connectivity index (χ0) is 11.4. The fourth-order valence-corrected chi connectivity index (χ4v) is 3.08. The zero-order valence-electron chi connectivity index (χ0n) is 9.95. The number of rotatable bonds is 4. The maximum Gasteiger partial charge on any atom is 0.107 e. The highest BCUT2D eigenvalue weighted by Gasteiger charge is 2.39. The van der Waals surface area contributed by atoms with E-state index in [2.05, 4.69) is 6.07 Å². The molecule has 2 aliphatic carbocycles. The smallest absolute Gasteiger partial charge is 0.107 e. The van der Waals surface area contributed by atoms with Crippen molar-refractivity contribution in [3.05, 3.63) is 0 Å². The van der Waals surface area contributed by atoms with Crippen LogP contribution in [0.4, 0.5) is 0 Å². The molecule has 0 amide bonds. The molecule has 2 fully saturated rings. The summed E-state index contributed by atoms with van der Waals surface area (Å²) in [5.74, 6) is 0.346. The lowest BCUT2D eigenvalue weighted by molar-refractivity contribution is 0.0467. The topological polar surface area (TPSA) is 59.0 Å². The van der Waals surface area contributed by atoms with E-state index in [0.717, 1.165) is 32.3 Å². The minimum Gasteiger partial charge on any atom is -0.378 e. The quantitative estimate of drug-likeness (QED) is 0.794. The number of nitrogens with two attached hydrogens (primary N) is 1. The first-order valence-corrected chi connectivity index (χ1v) is 6.56. The van der Waals surface area contributed by atoms with Crippen molar-refractivity contribution in [1.29, 1.82) is 5.26 Å². The van der Waals surface area contributed by atoms with Gasteiger partial charge < -0.3 is 10.5 Å². The number of hydrogen-bond donors (Lipinski definition) is 1. The van der Waals surface area contributed by atoms with Crippen molar-refractivity contribution in [3.8, 4) is 6.07 Å². The van der Waals surface area contributed by atoms with Gasteiger partial charge in [-0.3, -0.25) is 0 Å². The van der Waals surface area contributed by atoms with Crippen LogP contribution in [0.3, 0.4) is 0 Å². The standard InChI is InChI=1S/C13H22N2O/c14-10-13(15)8-3-4-11(13)7-9-16-12-5-1-2-6-12/h11-12H,1-9,15H2. The van der Waals surface area contributed by atoms with Crippen LogP contribution in [0, 0.1) is 17.2 Å². The summed E-state index contributed by atoms with van der Waals surface area (Å²) in [7, 11) is 0. The molecule has 16 heavy (non-hydrogen) atoms. The van der Waals surface area contributed by atoms with Gasteiger partial charge in [-0.05, 0) is 38.0 Å². The first-order chi connectivity index (χ1) is 7.74. The van der Waals surface area contributed by atoms with E-state index in [1.54, 1.807) is 0 Å². The molecule has 0 aromatic heterocycles. The highest BCUT2D eigenvalue weighted by atomic mass is 16.5. The van der Waals surface area contributed by atoms with Crippen molar-refractivity contribution in [2.24, 2.45) is 11.7 Å². The van der Waals surface area contributed by atoms with E-state index in [9.17, 15) is 0 Å². The Kier molecular flexibility index (Phi) is 3.83. The number of ether oxygens (including phenoxy) is 1. The van der Waals surface area contributed by atoms with E-state index in [0.29, 0.717) is 12.0 Å². The molecule has 3 heteroatoms. The Balaban J connectivity index is 1.71. The second-order valence-electron chi connectivity index (χ2n) is 5.31. The number of nitriles is 1. The molecule has 2 rings (SSSR count). The maximum absolute atomic E-state index is 9.09. The molecule has 90 valence electrons. The largest absolute Gasteiger partial charge is 0.378 e. The minimum absolute atomic E-state index is 0.346. The van der Waals surface area contributed by atoms with E-state index in [1.807, 2.05) is 0 Å². The summed E-state index contributed by atoms with van der Waals surface area (Å²) in [5, 5.41) is 9.09. The van der Waals surface area contributed by atoms with Crippen LogP contribution in [0.2, 0.25) is 0 Å². The Morgan fingerprint density at radius 1 is 1.25 bits per heavy atom. The van der Waals surface area contributed by atoms with Gasteiger partial charge in [0.05, 0.1) is 12.2 Å². The fraction of sp³-hybridized carbons (Fsp3) is 0.923. The third-order valence-electron chi connectivity index (χ3n) is 4.20. The van der Waals surface area contributed by atoms with Crippen LogP contribution in [0.15, 0.2) is 0 Å². The normalized spacial score (nSPS) is 35.4. The highest BCUT2D eigenvalue weighted by molar-refractivity contribution is 5.11. The minimum atomic E-state index is -0.570. The van der Waals surface area contributed by atoms with Crippen LogP contribution in [-0.2, 0) is 4.74 Å². The lowest BCUT2D eigenvalue weighted by Gasteiger charge is -2.24. The van der Waals surface area contributed by atoms with E-state index in [1.165, 1.54) is 25.7 Å². The fourth-order valence-electron chi connectivity index (χ4n) is 3.08. The maximum atomic E-state index is 9.09. The molecule has 2 saturated carbocycles. The van der Waals surface area contributed by atoms with Crippen LogP contribution in [0.5, 0.6) is 0 Å². The lowest BCUT2D eigenvalue weighted by Crippen LogP contribution is -2.42. The molecule has 2 unspecified atom stereocenters. The van der Waals surface area contributed by atoms with Gasteiger partial charge in [-0.15, -0.1) is 0 Å². The molecule has 3 nitrogen and oxygen atoms in total. The zero-order valence-corrected chi connectivity index (χ0v) is 9.95. The van der Waals surface area contributed by atoms with Crippen LogP contribution >= 0.6 is 0 Å². The Bertz CT molecular complexity index is 268. The van der Waals surface area contributed by atoms with Crippen LogP contribution in [0.25, 0.3) is 0 Å². The third kappa shape index (κ3) is 2.56. The monoisotopic (exact) mass is 222 g/mol. The summed E-state index contributed by atoms with van der Waals surface area (Å²) < 4.78 is 5.84. The molecule has 2 atom stereocenters. The average molecular weight is 222 g/mol. The van der Waals surface area contributed by atoms with Gasteiger partial charge in [-0.25, -0.2) is 0 Å². The Hall–Kier alpha value is -0.590. The molecule has 0 aliphatic heterocycles. The molecule has 0 saturated heterocycles. The predicted octanol–water partition coefficient (Wildman–Crippen LogP) is 2.36. The predicted molar refractivity (Wildman–Crippen MR) is 62.7 cm³/mol. The van der Waals surface area contributed by atoms with Crippen LogP contribution in [-0.4, -0.2) is 18.2 Å². The second kappa shape index (κ2) is 5.16. The number of hydrogen-bond acceptors (Lipinski definition) is 3. The van der Waals surface area contributed by atoms with Crippen molar-refractivity contribution in [3.63, 3.8) is 0 Å². The second-order valence-corrected chi connectivity index (χ2v) is 5.31. The van der Waals surface area contributed by atoms with Crippen LogP contribution < -0.4 is 5.73 Å². The number of nitrogens with zero attached hydrogens (tertiary/aromatic N) is 1. The van der Waals surface area contributed by atoms with Gasteiger partial charge in [0.1, 0.15) is 5.54 Å². The Morgan fingerprint density at radius 2 is 2.00 bits per heavy atom. The molecule has 0 spiro atoms. The molecular weight excluding hydrogens is 200 g/mol. The van der Waals surface area contributed by atoms with Crippen molar-refractivity contribution in [2.45, 2.75) is 63.0 Å². The summed E-state index contributed by atoms with van der Waals surface area (Å²) in [5.41, 5.74) is 5.51. The van der Waals surface area contributed by atoms with Gasteiger partial charge in [0.2, 0.25) is 0 Å². The van der Waals surface area contributed by atoms with Crippen molar-refractivity contribution < 1.29 is 4.74 Å². The van der Waals surface area contributed by atoms with E-state index in [-0.39, 0.29) is 0 Å². The molecule has 0 aromatic carbocycles. The molecule has 0 radical (unpaired) electrons. The van der Waals surface area contributed by atoms with Crippen molar-refractivity contribution >= 4 is 0 Å². The SMILES string of the molecule is N#CC1(N)CCCC1CCOC1CCCC1. The Morgan fingerprint density at radius 3 is 2.69 bits per heavy atom. The summed E-state index contributed by atoms with van der Waals surface area (Å²) in [6.45, 7) is 0.788. The van der Waals surface area contributed by atoms with Gasteiger partial charge in [-0.2, -0.15) is 5.26 Å². The average Bonchev–Trinajstić information content (AvgIpc) is 2.90. The molecule has 0 heterocycles. The van der Waals surface area contributed by atoms with Crippen LogP contribution in [0.1, 0.15) is 51.4 Å². The molecule has 0 bridgehead atoms. The summed E-state index contributed by atoms with van der Waals surface area (Å²) in [6.07, 6.45) is 9.55. The summed E-state index contributed by atoms with van der Waals surface area (Å²) >= 11 is 0. The summed E-state index contributed by atoms with van der Waals surface area (Å²) in [4.78, 5) is 0. The first kappa shape index (κ1) is 11.9. The molecule has 2 N–H and O–H groups in total. The van der Waals surface area contributed by atoms with Gasteiger partial charge in [0, 0.05) is 6.61 Å². The molecular formula is C13H22N2O. The van der Waals surface area contributed by atoms with E-state index < -0.39 is 5.54 Å². The van der Waals surface area contributed by atoms with Gasteiger partial charge in [-0.1, -0.05) is 19.3 Å². The molecule has 2 aliphatic rings. The van der Waals surface area contributed by atoms with Crippen molar-refractivity contribution in [1.82, 2.24) is 0 Å². The van der Waals surface area contributed by atoms with Gasteiger partial charge in [0.25, 0.3) is 0 Å². The van der Waals surface area contributed by atoms with E-state index in [4.69, 9.17) is 15.7 Å².